The number of fused-ring (bicyclic) bond motifs is 5. The Morgan fingerprint density at radius 1 is 1.16 bits per heavy atom. The van der Waals surface area contributed by atoms with Crippen molar-refractivity contribution in [2.75, 3.05) is 6.61 Å². The van der Waals surface area contributed by atoms with Gasteiger partial charge in [0.1, 0.15) is 6.10 Å². The highest BCUT2D eigenvalue weighted by atomic mass is 16.5. The number of aliphatic hydroxyl groups is 1. The van der Waals surface area contributed by atoms with Crippen LogP contribution in [0.5, 0.6) is 0 Å². The number of aliphatic hydroxyl groups excluding tert-OH is 1. The van der Waals surface area contributed by atoms with Gasteiger partial charge in [0.15, 0.2) is 0 Å². The van der Waals surface area contributed by atoms with Gasteiger partial charge in [0.05, 0.1) is 6.61 Å². The Morgan fingerprint density at radius 2 is 1.86 bits per heavy atom. The van der Waals surface area contributed by atoms with Crippen LogP contribution in [0.2, 0.25) is 0 Å². The van der Waals surface area contributed by atoms with Gasteiger partial charge in [-0.1, -0.05) is 57.9 Å². The normalized spacial score (nSPS) is 37.7. The molecule has 0 bridgehead atoms. The second kappa shape index (κ2) is 10.0. The number of esters is 1. The summed E-state index contributed by atoms with van der Waals surface area (Å²) in [5.74, 6) is 0.646. The van der Waals surface area contributed by atoms with Gasteiger partial charge in [0.2, 0.25) is 0 Å². The van der Waals surface area contributed by atoms with E-state index in [4.69, 9.17) is 9.84 Å². The van der Waals surface area contributed by atoms with E-state index in [1.807, 2.05) is 6.08 Å². The Bertz CT molecular complexity index is 1030. The SMILES string of the molecule is CC(=O)O[C@@H]1CC[C@]2(C)[C@@H]3CC4=C(CO)[C@@H]([C@H](C)CC/C=C(/C)C(=O)O)CC[C@@]4(C)C3=CC[C@H]2C1(C)C. The van der Waals surface area contributed by atoms with Gasteiger partial charge in [0, 0.05) is 23.3 Å². The summed E-state index contributed by atoms with van der Waals surface area (Å²) < 4.78 is 5.82. The molecule has 0 radical (unpaired) electrons. The predicted molar refractivity (Wildman–Crippen MR) is 146 cm³/mol. The van der Waals surface area contributed by atoms with Gasteiger partial charge in [-0.05, 0) is 93.0 Å². The van der Waals surface area contributed by atoms with Crippen LogP contribution in [0.25, 0.3) is 0 Å². The number of carboxylic acids is 1. The Morgan fingerprint density at radius 3 is 2.49 bits per heavy atom. The van der Waals surface area contributed by atoms with Crippen molar-refractivity contribution in [3.63, 3.8) is 0 Å². The van der Waals surface area contributed by atoms with Crippen molar-refractivity contribution in [1.29, 1.82) is 0 Å². The molecule has 5 heteroatoms. The number of carbonyl (C=O) groups excluding carboxylic acids is 1. The maximum atomic E-state index is 11.8. The van der Waals surface area contributed by atoms with Crippen molar-refractivity contribution in [3.05, 3.63) is 34.4 Å². The molecule has 0 spiro atoms. The maximum absolute atomic E-state index is 11.8. The van der Waals surface area contributed by atoms with Gasteiger partial charge in [-0.15, -0.1) is 0 Å². The summed E-state index contributed by atoms with van der Waals surface area (Å²) in [7, 11) is 0. The highest BCUT2D eigenvalue weighted by molar-refractivity contribution is 5.85. The number of ether oxygens (including phenoxy) is 1. The molecule has 0 saturated heterocycles. The van der Waals surface area contributed by atoms with Crippen LogP contribution in [0.15, 0.2) is 34.4 Å². The Kier molecular flexibility index (Phi) is 7.62. The molecular weight excluding hydrogens is 464 g/mol. The van der Waals surface area contributed by atoms with Gasteiger partial charge in [-0.25, -0.2) is 4.79 Å². The second-order valence-corrected chi connectivity index (χ2v) is 13.6. The number of hydrogen-bond donors (Lipinski definition) is 2. The van der Waals surface area contributed by atoms with Crippen LogP contribution in [-0.4, -0.2) is 34.9 Å². The molecule has 0 aliphatic heterocycles. The minimum atomic E-state index is -0.849. The molecule has 206 valence electrons. The topological polar surface area (TPSA) is 83.8 Å². The van der Waals surface area contributed by atoms with E-state index in [9.17, 15) is 14.7 Å². The van der Waals surface area contributed by atoms with E-state index in [-0.39, 0.29) is 34.9 Å². The van der Waals surface area contributed by atoms with Crippen molar-refractivity contribution >= 4 is 11.9 Å². The highest BCUT2D eigenvalue weighted by Crippen LogP contribution is 2.69. The third-order valence-corrected chi connectivity index (χ3v) is 11.3. The molecule has 2 fully saturated rings. The molecule has 5 nitrogen and oxygen atoms in total. The summed E-state index contributed by atoms with van der Waals surface area (Å²) in [6.07, 6.45) is 12.2. The van der Waals surface area contributed by atoms with Crippen molar-refractivity contribution in [1.82, 2.24) is 0 Å². The molecule has 4 aliphatic carbocycles. The smallest absolute Gasteiger partial charge is 0.330 e. The van der Waals surface area contributed by atoms with Crippen LogP contribution < -0.4 is 0 Å². The fraction of sp³-hybridized carbons (Fsp3) is 0.750. The predicted octanol–water partition coefficient (Wildman–Crippen LogP) is 6.86. The van der Waals surface area contributed by atoms with Gasteiger partial charge >= 0.3 is 11.9 Å². The average molecular weight is 513 g/mol. The molecule has 4 rings (SSSR count). The monoisotopic (exact) mass is 512 g/mol. The lowest BCUT2D eigenvalue weighted by Crippen LogP contribution is -2.55. The lowest BCUT2D eigenvalue weighted by atomic mass is 9.47. The van der Waals surface area contributed by atoms with E-state index in [0.29, 0.717) is 29.2 Å². The fourth-order valence-electron chi connectivity index (χ4n) is 9.08. The van der Waals surface area contributed by atoms with Gasteiger partial charge in [-0.2, -0.15) is 0 Å². The molecule has 0 aromatic heterocycles. The fourth-order valence-corrected chi connectivity index (χ4v) is 9.08. The van der Waals surface area contributed by atoms with Crippen LogP contribution in [0.4, 0.5) is 0 Å². The summed E-state index contributed by atoms with van der Waals surface area (Å²) >= 11 is 0. The number of allylic oxidation sites excluding steroid dienone is 4. The van der Waals surface area contributed by atoms with E-state index in [1.54, 1.807) is 12.5 Å². The van der Waals surface area contributed by atoms with Crippen molar-refractivity contribution in [3.8, 4) is 0 Å². The molecule has 37 heavy (non-hydrogen) atoms. The molecule has 0 aromatic rings. The lowest BCUT2D eigenvalue weighted by molar-refractivity contribution is -0.171. The molecule has 7 atom stereocenters. The number of hydrogen-bond acceptors (Lipinski definition) is 4. The van der Waals surface area contributed by atoms with Crippen molar-refractivity contribution in [2.45, 2.75) is 106 Å². The van der Waals surface area contributed by atoms with Crippen molar-refractivity contribution < 1.29 is 24.5 Å². The van der Waals surface area contributed by atoms with Crippen LogP contribution in [0.3, 0.4) is 0 Å². The molecule has 0 unspecified atom stereocenters. The third kappa shape index (κ3) is 4.64. The molecule has 0 amide bonds. The van der Waals surface area contributed by atoms with E-state index < -0.39 is 5.97 Å². The van der Waals surface area contributed by atoms with Gasteiger partial charge in [0.25, 0.3) is 0 Å². The average Bonchev–Trinajstić information content (AvgIpc) is 3.13. The first kappa shape index (κ1) is 28.1. The molecular formula is C32H48O5. The zero-order valence-corrected chi connectivity index (χ0v) is 24.0. The standard InChI is InChI=1S/C32H48O5/c1-19(9-8-10-20(2)29(35)36)22-13-15-31(6)24-11-12-27-30(4,5)28(37-21(3)34)14-16-32(27,7)26(24)17-25(31)23(22)18-33/h10-11,19,22,26-28,33H,8-9,12-18H2,1-7H3,(H,35,36)/b20-10-/t19-,22-,26-,27+,28-,31+,32-/m1/s1. The first-order valence-electron chi connectivity index (χ1n) is 14.4. The number of carboxylic acid groups (broad SMARTS) is 1. The molecule has 4 aliphatic rings. The molecule has 2 N–H and O–H groups in total. The minimum absolute atomic E-state index is 0.0314. The summed E-state index contributed by atoms with van der Waals surface area (Å²) in [5.41, 5.74) is 4.84. The van der Waals surface area contributed by atoms with E-state index >= 15 is 0 Å². The number of carbonyl (C=O) groups is 2. The maximum Gasteiger partial charge on any atom is 0.330 e. The largest absolute Gasteiger partial charge is 0.478 e. The zero-order chi connectivity index (χ0) is 27.3. The quantitative estimate of drug-likeness (QED) is 0.221. The van der Waals surface area contributed by atoms with Crippen LogP contribution in [0, 0.1) is 39.9 Å². The van der Waals surface area contributed by atoms with Crippen LogP contribution in [-0.2, 0) is 14.3 Å². The first-order chi connectivity index (χ1) is 17.3. The zero-order valence-electron chi connectivity index (χ0n) is 24.0. The number of rotatable bonds is 7. The first-order valence-corrected chi connectivity index (χ1v) is 14.4. The van der Waals surface area contributed by atoms with Crippen LogP contribution >= 0.6 is 0 Å². The highest BCUT2D eigenvalue weighted by Gasteiger charge is 2.62. The van der Waals surface area contributed by atoms with Crippen molar-refractivity contribution in [2.24, 2.45) is 39.9 Å². The summed E-state index contributed by atoms with van der Waals surface area (Å²) in [6.45, 7) is 15.1. The van der Waals surface area contributed by atoms with E-state index in [2.05, 4.69) is 40.7 Å². The Hall–Kier alpha value is -1.88. The van der Waals surface area contributed by atoms with Gasteiger partial charge in [-0.3, -0.25) is 4.79 Å². The molecule has 2 saturated carbocycles. The van der Waals surface area contributed by atoms with E-state index in [0.717, 1.165) is 51.4 Å². The summed E-state index contributed by atoms with van der Waals surface area (Å²) in [5, 5.41) is 19.8. The number of aliphatic carboxylic acids is 1. The van der Waals surface area contributed by atoms with E-state index in [1.165, 1.54) is 18.1 Å². The second-order valence-electron chi connectivity index (χ2n) is 13.6. The Balaban J connectivity index is 1.62. The molecule has 0 heterocycles. The summed E-state index contributed by atoms with van der Waals surface area (Å²) in [6, 6.07) is 0. The molecule has 0 aromatic carbocycles. The minimum Gasteiger partial charge on any atom is -0.478 e. The Labute approximate surface area is 223 Å². The lowest BCUT2D eigenvalue weighted by Gasteiger charge is -2.58. The van der Waals surface area contributed by atoms with Crippen LogP contribution in [0.1, 0.15) is 99.8 Å². The van der Waals surface area contributed by atoms with Gasteiger partial charge < -0.3 is 14.9 Å². The summed E-state index contributed by atoms with van der Waals surface area (Å²) in [4.78, 5) is 23.0. The third-order valence-electron chi connectivity index (χ3n) is 11.3.